The molecule has 1 atom stereocenters. The summed E-state index contributed by atoms with van der Waals surface area (Å²) in [5.74, 6) is -0.128. The number of hydrogen-bond acceptors (Lipinski definition) is 6. The summed E-state index contributed by atoms with van der Waals surface area (Å²) >= 11 is 0. The molecule has 0 aromatic carbocycles. The Morgan fingerprint density at radius 1 is 1.25 bits per heavy atom. The van der Waals surface area contributed by atoms with Crippen molar-refractivity contribution in [2.45, 2.75) is 12.2 Å². The molecule has 0 bridgehead atoms. The third-order valence-corrected chi connectivity index (χ3v) is 3.49. The molecule has 1 unspecified atom stereocenters. The highest BCUT2D eigenvalue weighted by Gasteiger charge is 2.37. The Labute approximate surface area is 135 Å². The fraction of sp³-hybridized carbons (Fsp3) is 0.357. The van der Waals surface area contributed by atoms with Crippen LogP contribution in [0.3, 0.4) is 0 Å². The van der Waals surface area contributed by atoms with E-state index in [9.17, 15) is 13.2 Å². The number of aromatic nitrogens is 4. The number of fused-ring (bicyclic) bond motifs is 1. The molecule has 10 heteroatoms. The molecule has 0 aliphatic rings. The molecular formula is C14H15F3N6O. The smallest absolute Gasteiger partial charge is 0.453 e. The second-order valence-corrected chi connectivity index (χ2v) is 5.39. The van der Waals surface area contributed by atoms with Crippen LogP contribution in [0.25, 0.3) is 5.65 Å². The average Bonchev–Trinajstić information content (AvgIpc) is 3.15. The van der Waals surface area contributed by atoms with Gasteiger partial charge in [-0.15, -0.1) is 15.3 Å². The molecule has 1 N–H and O–H groups in total. The lowest BCUT2D eigenvalue weighted by molar-refractivity contribution is -0.146. The highest BCUT2D eigenvalue weighted by atomic mass is 19.4. The Balaban J connectivity index is 1.82. The predicted octanol–water partition coefficient (Wildman–Crippen LogP) is 2.45. The Hall–Kier alpha value is -2.62. The van der Waals surface area contributed by atoms with Gasteiger partial charge in [0, 0.05) is 6.54 Å². The fourth-order valence-electron chi connectivity index (χ4n) is 2.28. The first-order valence-corrected chi connectivity index (χ1v) is 7.09. The van der Waals surface area contributed by atoms with Gasteiger partial charge in [-0.2, -0.15) is 17.7 Å². The van der Waals surface area contributed by atoms with Crippen molar-refractivity contribution >= 4 is 11.5 Å². The lowest BCUT2D eigenvalue weighted by atomic mass is 10.2. The van der Waals surface area contributed by atoms with Crippen LogP contribution < -0.4 is 5.32 Å². The first-order valence-electron chi connectivity index (χ1n) is 7.09. The van der Waals surface area contributed by atoms with Crippen molar-refractivity contribution in [3.8, 4) is 0 Å². The summed E-state index contributed by atoms with van der Waals surface area (Å²) in [7, 11) is 3.76. The van der Waals surface area contributed by atoms with E-state index in [0.717, 1.165) is 5.76 Å². The van der Waals surface area contributed by atoms with E-state index in [1.807, 2.05) is 25.1 Å². The molecule has 128 valence electrons. The van der Waals surface area contributed by atoms with Gasteiger partial charge in [-0.25, -0.2) is 0 Å². The number of nitrogens with one attached hydrogen (secondary N) is 1. The molecule has 3 rings (SSSR count). The maximum atomic E-state index is 12.9. The van der Waals surface area contributed by atoms with Gasteiger partial charge in [-0.1, -0.05) is 0 Å². The minimum absolute atomic E-state index is 0.0306. The normalized spacial score (nSPS) is 13.6. The zero-order chi connectivity index (χ0) is 17.3. The molecule has 0 radical (unpaired) electrons. The first-order chi connectivity index (χ1) is 11.4. The van der Waals surface area contributed by atoms with Crippen molar-refractivity contribution in [1.82, 2.24) is 24.7 Å². The number of hydrogen-bond donors (Lipinski definition) is 1. The molecular weight excluding hydrogens is 325 g/mol. The van der Waals surface area contributed by atoms with Crippen LogP contribution in [0.1, 0.15) is 17.6 Å². The van der Waals surface area contributed by atoms with Crippen molar-refractivity contribution in [2.75, 3.05) is 26.0 Å². The van der Waals surface area contributed by atoms with Crippen molar-refractivity contribution in [3.63, 3.8) is 0 Å². The van der Waals surface area contributed by atoms with Gasteiger partial charge in [0.25, 0.3) is 5.82 Å². The van der Waals surface area contributed by atoms with Crippen LogP contribution in [-0.2, 0) is 6.18 Å². The van der Waals surface area contributed by atoms with Gasteiger partial charge in [-0.05, 0) is 38.4 Å². The van der Waals surface area contributed by atoms with Gasteiger partial charge in [0.05, 0.1) is 12.3 Å². The topological polar surface area (TPSA) is 71.5 Å². The van der Waals surface area contributed by atoms with E-state index in [4.69, 9.17) is 4.42 Å². The number of nitrogens with zero attached hydrogens (tertiary/aromatic N) is 5. The van der Waals surface area contributed by atoms with Crippen molar-refractivity contribution in [1.29, 1.82) is 0 Å². The first kappa shape index (κ1) is 16.2. The second-order valence-electron chi connectivity index (χ2n) is 5.39. The number of rotatable bonds is 5. The summed E-state index contributed by atoms with van der Waals surface area (Å²) in [6.07, 6.45) is -3.05. The van der Waals surface area contributed by atoms with E-state index in [1.54, 1.807) is 18.4 Å². The molecule has 0 aliphatic carbocycles. The fourth-order valence-corrected chi connectivity index (χ4v) is 2.28. The average molecular weight is 340 g/mol. The quantitative estimate of drug-likeness (QED) is 0.769. The number of halogens is 3. The molecule has 3 aromatic heterocycles. The van der Waals surface area contributed by atoms with E-state index in [2.05, 4.69) is 20.6 Å². The maximum Gasteiger partial charge on any atom is 0.453 e. The lowest BCUT2D eigenvalue weighted by Crippen LogP contribution is -2.27. The predicted molar refractivity (Wildman–Crippen MR) is 79.4 cm³/mol. The molecule has 24 heavy (non-hydrogen) atoms. The SMILES string of the molecule is CN(C)C(CNc1ccc2nnc(C(F)(F)F)n2n1)c1ccco1. The molecule has 0 fully saturated rings. The Kier molecular flexibility index (Phi) is 4.14. The largest absolute Gasteiger partial charge is 0.468 e. The maximum absolute atomic E-state index is 12.9. The highest BCUT2D eigenvalue weighted by Crippen LogP contribution is 2.27. The van der Waals surface area contributed by atoms with Crippen LogP contribution in [0.5, 0.6) is 0 Å². The Morgan fingerprint density at radius 3 is 2.67 bits per heavy atom. The van der Waals surface area contributed by atoms with Crippen LogP contribution in [-0.4, -0.2) is 45.4 Å². The summed E-state index contributed by atoms with van der Waals surface area (Å²) in [6.45, 7) is 0.405. The van der Waals surface area contributed by atoms with E-state index in [-0.39, 0.29) is 17.5 Å². The minimum Gasteiger partial charge on any atom is -0.468 e. The van der Waals surface area contributed by atoms with Crippen LogP contribution in [0.4, 0.5) is 19.0 Å². The summed E-state index contributed by atoms with van der Waals surface area (Å²) < 4.78 is 44.7. The summed E-state index contributed by atoms with van der Waals surface area (Å²) in [6, 6.07) is 6.50. The van der Waals surface area contributed by atoms with Gasteiger partial charge in [-0.3, -0.25) is 4.90 Å². The molecule has 0 aliphatic heterocycles. The van der Waals surface area contributed by atoms with E-state index in [1.165, 1.54) is 6.07 Å². The van der Waals surface area contributed by atoms with Gasteiger partial charge in [0.2, 0.25) is 0 Å². The molecule has 0 amide bonds. The van der Waals surface area contributed by atoms with E-state index < -0.39 is 12.0 Å². The number of likely N-dealkylation sites (N-methyl/N-ethyl adjacent to an activating group) is 1. The van der Waals surface area contributed by atoms with Crippen molar-refractivity contribution < 1.29 is 17.6 Å². The highest BCUT2D eigenvalue weighted by molar-refractivity contribution is 5.44. The second kappa shape index (κ2) is 6.11. The molecule has 0 spiro atoms. The standard InChI is InChI=1S/C14H15F3N6O/c1-22(2)9(10-4-3-7-24-10)8-18-11-5-6-12-19-20-13(14(15,16)17)23(12)21-11/h3-7,9H,8H2,1-2H3,(H,18,21). The van der Waals surface area contributed by atoms with Gasteiger partial charge >= 0.3 is 6.18 Å². The van der Waals surface area contributed by atoms with Crippen LogP contribution >= 0.6 is 0 Å². The summed E-state index contributed by atoms with van der Waals surface area (Å²) in [5.41, 5.74) is 0.0306. The Bertz CT molecular complexity index is 812. The number of furan rings is 1. The van der Waals surface area contributed by atoms with Crippen LogP contribution in [0.15, 0.2) is 34.9 Å². The molecule has 7 nitrogen and oxygen atoms in total. The van der Waals surface area contributed by atoms with Crippen LogP contribution in [0.2, 0.25) is 0 Å². The van der Waals surface area contributed by atoms with E-state index >= 15 is 0 Å². The Morgan fingerprint density at radius 2 is 2.04 bits per heavy atom. The van der Waals surface area contributed by atoms with Crippen LogP contribution in [0, 0.1) is 0 Å². The van der Waals surface area contributed by atoms with Crippen molar-refractivity contribution in [3.05, 3.63) is 42.1 Å². The number of alkyl halides is 3. The third kappa shape index (κ3) is 3.18. The zero-order valence-electron chi connectivity index (χ0n) is 12.9. The van der Waals surface area contributed by atoms with Gasteiger partial charge < -0.3 is 9.73 Å². The summed E-state index contributed by atoms with van der Waals surface area (Å²) in [4.78, 5) is 1.93. The lowest BCUT2D eigenvalue weighted by Gasteiger charge is -2.22. The summed E-state index contributed by atoms with van der Waals surface area (Å²) in [5, 5.41) is 13.6. The number of anilines is 1. The van der Waals surface area contributed by atoms with E-state index in [0.29, 0.717) is 11.1 Å². The third-order valence-electron chi connectivity index (χ3n) is 3.49. The van der Waals surface area contributed by atoms with Crippen molar-refractivity contribution in [2.24, 2.45) is 0 Å². The molecule has 0 saturated carbocycles. The monoisotopic (exact) mass is 340 g/mol. The van der Waals surface area contributed by atoms with Gasteiger partial charge in [0.15, 0.2) is 5.65 Å². The molecule has 0 saturated heterocycles. The van der Waals surface area contributed by atoms with Gasteiger partial charge in [0.1, 0.15) is 11.6 Å². The minimum atomic E-state index is -4.62. The molecule has 3 heterocycles. The molecule has 3 aromatic rings. The zero-order valence-corrected chi connectivity index (χ0v) is 12.9.